The van der Waals surface area contributed by atoms with Crippen molar-refractivity contribution >= 4 is 17.6 Å². The Balaban J connectivity index is 2.55. The molecule has 6 heteroatoms. The molecule has 0 bridgehead atoms. The van der Waals surface area contributed by atoms with E-state index in [4.69, 9.17) is 0 Å². The van der Waals surface area contributed by atoms with E-state index in [1.54, 1.807) is 0 Å². The molecule has 2 nitrogen and oxygen atoms in total. The maximum absolute atomic E-state index is 12.7. The number of thiophene rings is 1. The van der Waals surface area contributed by atoms with Gasteiger partial charge < -0.3 is 0 Å². The van der Waals surface area contributed by atoms with E-state index in [9.17, 15) is 18.0 Å². The molecule has 0 atom stereocenters. The zero-order valence-corrected chi connectivity index (χ0v) is 9.18. The molecule has 2 heterocycles. The van der Waals surface area contributed by atoms with Crippen molar-refractivity contribution in [3.05, 3.63) is 41.0 Å². The summed E-state index contributed by atoms with van der Waals surface area (Å²) in [4.78, 5) is 14.6. The fraction of sp³-hybridized carbons (Fsp3) is 0.0909. The molecule has 0 aliphatic rings. The number of rotatable bonds is 2. The van der Waals surface area contributed by atoms with Crippen LogP contribution in [-0.2, 0) is 6.18 Å². The Kier molecular flexibility index (Phi) is 2.97. The second-order valence-corrected chi connectivity index (χ2v) is 4.33. The number of carbonyl (C=O) groups excluding carboxylic acids is 1. The quantitative estimate of drug-likeness (QED) is 0.769. The fourth-order valence-corrected chi connectivity index (χ4v) is 2.24. The average Bonchev–Trinajstić information content (AvgIpc) is 2.76. The van der Waals surface area contributed by atoms with E-state index >= 15 is 0 Å². The molecule has 0 aliphatic carbocycles. The monoisotopic (exact) mass is 257 g/mol. The van der Waals surface area contributed by atoms with Crippen LogP contribution in [-0.4, -0.2) is 11.3 Å². The third-order valence-electron chi connectivity index (χ3n) is 2.08. The highest BCUT2D eigenvalue weighted by Gasteiger charge is 2.35. The van der Waals surface area contributed by atoms with Crippen LogP contribution < -0.4 is 0 Å². The Morgan fingerprint density at radius 3 is 2.59 bits per heavy atom. The first-order valence-corrected chi connectivity index (χ1v) is 5.41. The molecule has 88 valence electrons. The Labute approximate surface area is 98.7 Å². The van der Waals surface area contributed by atoms with Crippen LogP contribution >= 0.6 is 11.3 Å². The van der Waals surface area contributed by atoms with Crippen LogP contribution in [0.1, 0.15) is 15.4 Å². The summed E-state index contributed by atoms with van der Waals surface area (Å²) in [5.41, 5.74) is -0.933. The van der Waals surface area contributed by atoms with Gasteiger partial charge in [0, 0.05) is 16.6 Å². The number of halogens is 3. The normalized spacial score (nSPS) is 11.5. The first-order valence-electron chi connectivity index (χ1n) is 4.60. The highest BCUT2D eigenvalue weighted by atomic mass is 32.1. The lowest BCUT2D eigenvalue weighted by Crippen LogP contribution is -2.09. The molecule has 0 unspecified atom stereocenters. The van der Waals surface area contributed by atoms with E-state index in [1.165, 1.54) is 24.3 Å². The van der Waals surface area contributed by atoms with Gasteiger partial charge in [-0.2, -0.15) is 13.2 Å². The maximum Gasteiger partial charge on any atom is 0.433 e. The van der Waals surface area contributed by atoms with Crippen molar-refractivity contribution in [2.75, 3.05) is 0 Å². The summed E-state index contributed by atoms with van der Waals surface area (Å²) in [6.07, 6.45) is -2.79. The number of pyridine rings is 1. The van der Waals surface area contributed by atoms with Crippen LogP contribution in [0.5, 0.6) is 0 Å². The van der Waals surface area contributed by atoms with Crippen LogP contribution in [0.25, 0.3) is 10.4 Å². The largest absolute Gasteiger partial charge is 0.433 e. The van der Waals surface area contributed by atoms with E-state index in [2.05, 4.69) is 4.98 Å². The van der Waals surface area contributed by atoms with Gasteiger partial charge in [-0.3, -0.25) is 9.78 Å². The predicted molar refractivity (Wildman–Crippen MR) is 57.9 cm³/mol. The molecule has 2 rings (SSSR count). The Hall–Kier alpha value is -1.69. The summed E-state index contributed by atoms with van der Waals surface area (Å²) < 4.78 is 38.1. The summed E-state index contributed by atoms with van der Waals surface area (Å²) in [6, 6.07) is 5.75. The van der Waals surface area contributed by atoms with Gasteiger partial charge in [0.15, 0.2) is 12.0 Å². The lowest BCUT2D eigenvalue weighted by molar-refractivity contribution is -0.140. The Morgan fingerprint density at radius 1 is 1.24 bits per heavy atom. The zero-order valence-electron chi connectivity index (χ0n) is 8.36. The third kappa shape index (κ3) is 2.36. The van der Waals surface area contributed by atoms with Gasteiger partial charge in [-0.25, -0.2) is 0 Å². The van der Waals surface area contributed by atoms with E-state index < -0.39 is 11.9 Å². The van der Waals surface area contributed by atoms with E-state index in [0.717, 1.165) is 17.5 Å². The van der Waals surface area contributed by atoms with Gasteiger partial charge >= 0.3 is 6.18 Å². The number of nitrogens with zero attached hydrogens (tertiary/aromatic N) is 1. The van der Waals surface area contributed by atoms with Crippen LogP contribution in [0.4, 0.5) is 13.2 Å². The van der Waals surface area contributed by atoms with Gasteiger partial charge in [-0.1, -0.05) is 0 Å². The highest BCUT2D eigenvalue weighted by Crippen LogP contribution is 2.37. The molecule has 0 aliphatic heterocycles. The molecule has 0 N–H and O–H groups in total. The van der Waals surface area contributed by atoms with Crippen molar-refractivity contribution in [1.82, 2.24) is 4.98 Å². The number of aromatic nitrogens is 1. The number of hydrogen-bond acceptors (Lipinski definition) is 3. The third-order valence-corrected chi connectivity index (χ3v) is 3.13. The highest BCUT2D eigenvalue weighted by molar-refractivity contribution is 7.17. The standard InChI is InChI=1S/C11H6F3NOS/c12-11(13,14)10-8(2-1-5-15-10)9-4-3-7(6-16)17-9/h1-6H. The lowest BCUT2D eigenvalue weighted by atomic mass is 10.1. The van der Waals surface area contributed by atoms with Gasteiger partial charge in [0.1, 0.15) is 0 Å². The molecule has 2 aromatic rings. The SMILES string of the molecule is O=Cc1ccc(-c2cccnc2C(F)(F)F)s1. The van der Waals surface area contributed by atoms with Crippen molar-refractivity contribution < 1.29 is 18.0 Å². The average molecular weight is 257 g/mol. The molecule has 0 saturated heterocycles. The molecule has 17 heavy (non-hydrogen) atoms. The van der Waals surface area contributed by atoms with E-state index in [-0.39, 0.29) is 5.56 Å². The van der Waals surface area contributed by atoms with Crippen molar-refractivity contribution in [1.29, 1.82) is 0 Å². The summed E-state index contributed by atoms with van der Waals surface area (Å²) in [6.45, 7) is 0. The first kappa shape index (κ1) is 11.8. The number of hydrogen-bond donors (Lipinski definition) is 0. The minimum atomic E-state index is -4.50. The molecule has 0 amide bonds. The molecule has 0 spiro atoms. The molecular formula is C11H6F3NOS. The molecular weight excluding hydrogens is 251 g/mol. The van der Waals surface area contributed by atoms with E-state index in [0.29, 0.717) is 16.0 Å². The summed E-state index contributed by atoms with van der Waals surface area (Å²) in [5, 5.41) is 0. The smallest absolute Gasteiger partial charge is 0.297 e. The molecule has 0 aromatic carbocycles. The van der Waals surface area contributed by atoms with Crippen molar-refractivity contribution in [2.45, 2.75) is 6.18 Å². The van der Waals surface area contributed by atoms with E-state index in [1.807, 2.05) is 0 Å². The van der Waals surface area contributed by atoms with Crippen molar-refractivity contribution in [3.8, 4) is 10.4 Å². The second-order valence-electron chi connectivity index (χ2n) is 3.22. The van der Waals surface area contributed by atoms with Gasteiger partial charge in [-0.05, 0) is 24.3 Å². The van der Waals surface area contributed by atoms with Gasteiger partial charge in [0.25, 0.3) is 0 Å². The molecule has 2 aromatic heterocycles. The fourth-order valence-electron chi connectivity index (χ4n) is 1.39. The van der Waals surface area contributed by atoms with Crippen LogP contribution in [0.15, 0.2) is 30.5 Å². The Bertz CT molecular complexity index is 548. The first-order chi connectivity index (χ1) is 8.02. The Morgan fingerprint density at radius 2 is 2.00 bits per heavy atom. The minimum absolute atomic E-state index is 0.00176. The topological polar surface area (TPSA) is 30.0 Å². The molecule has 0 radical (unpaired) electrons. The van der Waals surface area contributed by atoms with Gasteiger partial charge in [0.05, 0.1) is 4.88 Å². The van der Waals surface area contributed by atoms with Crippen LogP contribution in [0.2, 0.25) is 0 Å². The van der Waals surface area contributed by atoms with Gasteiger partial charge in [-0.15, -0.1) is 11.3 Å². The number of aldehydes is 1. The summed E-state index contributed by atoms with van der Waals surface area (Å²) in [5.74, 6) is 0. The maximum atomic E-state index is 12.7. The second kappa shape index (κ2) is 4.29. The molecule has 0 fully saturated rings. The molecule has 0 saturated carbocycles. The number of carbonyl (C=O) groups is 1. The van der Waals surface area contributed by atoms with Gasteiger partial charge in [0.2, 0.25) is 0 Å². The van der Waals surface area contributed by atoms with Crippen LogP contribution in [0.3, 0.4) is 0 Å². The van der Waals surface area contributed by atoms with Crippen molar-refractivity contribution in [2.24, 2.45) is 0 Å². The summed E-state index contributed by atoms with van der Waals surface area (Å²) in [7, 11) is 0. The predicted octanol–water partition coefficient (Wildman–Crippen LogP) is 3.64. The summed E-state index contributed by atoms with van der Waals surface area (Å²) >= 11 is 1.01. The zero-order chi connectivity index (χ0) is 12.5. The van der Waals surface area contributed by atoms with Crippen molar-refractivity contribution in [3.63, 3.8) is 0 Å². The number of alkyl halides is 3. The minimum Gasteiger partial charge on any atom is -0.297 e. The van der Waals surface area contributed by atoms with Crippen LogP contribution in [0, 0.1) is 0 Å². The lowest BCUT2D eigenvalue weighted by Gasteiger charge is -2.09.